The zero-order valence-electron chi connectivity index (χ0n) is 12.2. The molecule has 3 aliphatic carbocycles. The van der Waals surface area contributed by atoms with E-state index in [1.165, 1.54) is 12.8 Å². The number of hydrogen-bond donors (Lipinski definition) is 0. The van der Waals surface area contributed by atoms with E-state index < -0.39 is 0 Å². The summed E-state index contributed by atoms with van der Waals surface area (Å²) in [6, 6.07) is 9.28. The van der Waals surface area contributed by atoms with Gasteiger partial charge in [0.1, 0.15) is 0 Å². The first-order chi connectivity index (χ1) is 8.61. The molecule has 1 fully saturated rings. The first-order valence-electron chi connectivity index (χ1n) is 7.70. The minimum absolute atomic E-state index is 0.818. The molecule has 1 aromatic rings. The van der Waals surface area contributed by atoms with Gasteiger partial charge >= 0.3 is 0 Å². The first kappa shape index (κ1) is 12.3. The van der Waals surface area contributed by atoms with Crippen LogP contribution in [-0.2, 0) is 0 Å². The molecular weight excluding hydrogens is 216 g/mol. The molecule has 98 valence electrons. The summed E-state index contributed by atoms with van der Waals surface area (Å²) < 4.78 is 0. The normalized spacial score (nSPS) is 34.1. The van der Waals surface area contributed by atoms with E-state index in [-0.39, 0.29) is 0 Å². The summed E-state index contributed by atoms with van der Waals surface area (Å²) in [6.07, 6.45) is 2.85. The van der Waals surface area contributed by atoms with Crippen molar-refractivity contribution < 1.29 is 0 Å². The Morgan fingerprint density at radius 3 is 1.50 bits per heavy atom. The van der Waals surface area contributed by atoms with Crippen LogP contribution in [0.25, 0.3) is 0 Å². The van der Waals surface area contributed by atoms with Crippen LogP contribution in [0.5, 0.6) is 0 Å². The van der Waals surface area contributed by atoms with Gasteiger partial charge in [0.25, 0.3) is 0 Å². The number of fused-ring (bicyclic) bond motifs is 2. The van der Waals surface area contributed by atoms with Crippen LogP contribution in [-0.4, -0.2) is 0 Å². The van der Waals surface area contributed by atoms with Crippen molar-refractivity contribution in [1.82, 2.24) is 0 Å². The zero-order valence-corrected chi connectivity index (χ0v) is 12.2. The van der Waals surface area contributed by atoms with Crippen LogP contribution in [0.15, 0.2) is 24.3 Å². The summed E-state index contributed by atoms with van der Waals surface area (Å²) in [5.41, 5.74) is 3.37. The predicted octanol–water partition coefficient (Wildman–Crippen LogP) is 5.21. The fraction of sp³-hybridized carbons (Fsp3) is 0.667. The van der Waals surface area contributed by atoms with Gasteiger partial charge in [-0.2, -0.15) is 0 Å². The van der Waals surface area contributed by atoms with E-state index in [0.29, 0.717) is 0 Å². The van der Waals surface area contributed by atoms with E-state index >= 15 is 0 Å². The second kappa shape index (κ2) is 4.40. The van der Waals surface area contributed by atoms with Gasteiger partial charge in [0.15, 0.2) is 0 Å². The van der Waals surface area contributed by atoms with Crippen molar-refractivity contribution in [2.45, 2.75) is 52.4 Å². The minimum Gasteiger partial charge on any atom is -0.0625 e. The maximum atomic E-state index is 2.43. The molecular formula is C18H26. The molecule has 4 rings (SSSR count). The summed E-state index contributed by atoms with van der Waals surface area (Å²) >= 11 is 0. The molecule has 0 amide bonds. The third-order valence-corrected chi connectivity index (χ3v) is 5.50. The molecule has 1 aromatic carbocycles. The van der Waals surface area contributed by atoms with Crippen molar-refractivity contribution >= 4 is 0 Å². The van der Waals surface area contributed by atoms with Crippen molar-refractivity contribution in [2.24, 2.45) is 23.7 Å². The van der Waals surface area contributed by atoms with Crippen molar-refractivity contribution in [3.63, 3.8) is 0 Å². The van der Waals surface area contributed by atoms with Gasteiger partial charge < -0.3 is 0 Å². The van der Waals surface area contributed by atoms with Gasteiger partial charge in [0.2, 0.25) is 0 Å². The SMILES string of the molecule is CC(C)[C@@H]1C2CCC(c3ccccc32)[C@@H]1C(C)C. The van der Waals surface area contributed by atoms with Gasteiger partial charge in [-0.25, -0.2) is 0 Å². The van der Waals surface area contributed by atoms with Crippen LogP contribution in [0.2, 0.25) is 0 Å². The van der Waals surface area contributed by atoms with E-state index in [9.17, 15) is 0 Å². The van der Waals surface area contributed by atoms with Crippen LogP contribution < -0.4 is 0 Å². The zero-order chi connectivity index (χ0) is 12.9. The molecule has 3 aliphatic rings. The van der Waals surface area contributed by atoms with Crippen molar-refractivity contribution in [1.29, 1.82) is 0 Å². The maximum Gasteiger partial charge on any atom is -0.0125 e. The minimum atomic E-state index is 0.818. The number of hydrogen-bond acceptors (Lipinski definition) is 0. The summed E-state index contributed by atoms with van der Waals surface area (Å²) in [7, 11) is 0. The lowest BCUT2D eigenvalue weighted by Gasteiger charge is -2.53. The van der Waals surface area contributed by atoms with Crippen LogP contribution in [0.3, 0.4) is 0 Å². The lowest BCUT2D eigenvalue weighted by molar-refractivity contribution is 0.0709. The predicted molar refractivity (Wildman–Crippen MR) is 77.8 cm³/mol. The first-order valence-corrected chi connectivity index (χ1v) is 7.70. The highest BCUT2D eigenvalue weighted by molar-refractivity contribution is 5.40. The Kier molecular flexibility index (Phi) is 3.00. The third-order valence-electron chi connectivity index (χ3n) is 5.50. The highest BCUT2D eigenvalue weighted by atomic mass is 14.5. The molecule has 0 heteroatoms. The Hall–Kier alpha value is -0.780. The molecule has 4 atom stereocenters. The van der Waals surface area contributed by atoms with Gasteiger partial charge in [-0.05, 0) is 59.5 Å². The molecule has 0 spiro atoms. The fourth-order valence-corrected chi connectivity index (χ4v) is 5.01. The van der Waals surface area contributed by atoms with E-state index in [4.69, 9.17) is 0 Å². The Balaban J connectivity index is 2.10. The Morgan fingerprint density at radius 1 is 0.778 bits per heavy atom. The number of rotatable bonds is 2. The largest absolute Gasteiger partial charge is 0.0625 e. The topological polar surface area (TPSA) is 0 Å². The van der Waals surface area contributed by atoms with Crippen LogP contribution in [0, 0.1) is 23.7 Å². The Bertz CT molecular complexity index is 388. The van der Waals surface area contributed by atoms with Gasteiger partial charge in [-0.3, -0.25) is 0 Å². The molecule has 2 unspecified atom stereocenters. The highest BCUT2D eigenvalue weighted by Crippen LogP contribution is 2.59. The Morgan fingerprint density at radius 2 is 1.17 bits per heavy atom. The molecule has 0 saturated heterocycles. The van der Waals surface area contributed by atoms with Crippen LogP contribution in [0.1, 0.15) is 63.5 Å². The summed E-state index contributed by atoms with van der Waals surface area (Å²) in [6.45, 7) is 9.74. The molecule has 0 heterocycles. The van der Waals surface area contributed by atoms with Gasteiger partial charge in [-0.1, -0.05) is 52.0 Å². The molecule has 1 saturated carbocycles. The van der Waals surface area contributed by atoms with Gasteiger partial charge in [0.05, 0.1) is 0 Å². The smallest absolute Gasteiger partial charge is 0.0125 e. The van der Waals surface area contributed by atoms with Gasteiger partial charge in [0, 0.05) is 0 Å². The maximum absolute atomic E-state index is 2.43. The molecule has 0 radical (unpaired) electrons. The Labute approximate surface area is 112 Å². The average molecular weight is 242 g/mol. The van der Waals surface area contributed by atoms with Crippen LogP contribution >= 0.6 is 0 Å². The van der Waals surface area contributed by atoms with Crippen molar-refractivity contribution in [3.05, 3.63) is 35.4 Å². The lowest BCUT2D eigenvalue weighted by atomic mass is 9.51. The monoisotopic (exact) mass is 242 g/mol. The summed E-state index contributed by atoms with van der Waals surface area (Å²) in [4.78, 5) is 0. The van der Waals surface area contributed by atoms with E-state index in [1.807, 2.05) is 0 Å². The van der Waals surface area contributed by atoms with E-state index in [2.05, 4.69) is 52.0 Å². The van der Waals surface area contributed by atoms with Gasteiger partial charge in [-0.15, -0.1) is 0 Å². The van der Waals surface area contributed by atoms with Crippen LogP contribution in [0.4, 0.5) is 0 Å². The molecule has 0 N–H and O–H groups in total. The molecule has 2 bridgehead atoms. The molecule has 0 aliphatic heterocycles. The average Bonchev–Trinajstić information content (AvgIpc) is 2.38. The summed E-state index contributed by atoms with van der Waals surface area (Å²) in [5, 5.41) is 0. The second-order valence-corrected chi connectivity index (χ2v) is 7.06. The fourth-order valence-electron chi connectivity index (χ4n) is 5.01. The highest BCUT2D eigenvalue weighted by Gasteiger charge is 2.48. The number of benzene rings is 1. The molecule has 0 nitrogen and oxygen atoms in total. The van der Waals surface area contributed by atoms with Crippen molar-refractivity contribution in [2.75, 3.05) is 0 Å². The molecule has 0 aromatic heterocycles. The van der Waals surface area contributed by atoms with Crippen molar-refractivity contribution in [3.8, 4) is 0 Å². The van der Waals surface area contributed by atoms with E-state index in [1.54, 1.807) is 11.1 Å². The third kappa shape index (κ3) is 1.65. The second-order valence-electron chi connectivity index (χ2n) is 7.06. The lowest BCUT2D eigenvalue weighted by Crippen LogP contribution is -2.43. The molecule has 18 heavy (non-hydrogen) atoms. The summed E-state index contributed by atoms with van der Waals surface area (Å²) in [5.74, 6) is 5.10. The quantitative estimate of drug-likeness (QED) is 0.668. The standard InChI is InChI=1S/C18H26/c1-11(2)17-15-9-10-16(18(17)12(3)4)14-8-6-5-7-13(14)15/h5-8,11-12,15-18H,9-10H2,1-4H3/t15?,16?,17-,18+. The van der Waals surface area contributed by atoms with E-state index in [0.717, 1.165) is 35.5 Å².